The average molecular weight is 276 g/mol. The van der Waals surface area contributed by atoms with Gasteiger partial charge in [-0.3, -0.25) is 4.90 Å². The number of nitrogens with one attached hydrogen (secondary N) is 1. The highest BCUT2D eigenvalue weighted by atomic mass is 15.3. The van der Waals surface area contributed by atoms with Gasteiger partial charge in [-0.05, 0) is 43.6 Å². The second-order valence-corrected chi connectivity index (χ2v) is 5.59. The molecular formula is C16H28N4. The van der Waals surface area contributed by atoms with Gasteiger partial charge in [0.2, 0.25) is 0 Å². The van der Waals surface area contributed by atoms with E-state index in [1.165, 1.54) is 29.9 Å². The first kappa shape index (κ1) is 15.3. The van der Waals surface area contributed by atoms with Gasteiger partial charge in [0, 0.05) is 38.9 Å². The van der Waals surface area contributed by atoms with Gasteiger partial charge in [-0.1, -0.05) is 13.8 Å². The molecule has 1 aliphatic heterocycles. The Labute approximate surface area is 123 Å². The van der Waals surface area contributed by atoms with Crippen LogP contribution >= 0.6 is 0 Å². The summed E-state index contributed by atoms with van der Waals surface area (Å²) in [7, 11) is 0. The largest absolute Gasteiger partial charge is 0.354 e. The van der Waals surface area contributed by atoms with Gasteiger partial charge >= 0.3 is 0 Å². The number of rotatable bonds is 6. The summed E-state index contributed by atoms with van der Waals surface area (Å²) in [6.07, 6.45) is 3.26. The highest BCUT2D eigenvalue weighted by Gasteiger charge is 2.18. The second-order valence-electron chi connectivity index (χ2n) is 5.59. The van der Waals surface area contributed by atoms with Gasteiger partial charge < -0.3 is 10.2 Å². The van der Waals surface area contributed by atoms with Crippen LogP contribution in [0.15, 0.2) is 12.3 Å². The molecule has 0 aliphatic carbocycles. The van der Waals surface area contributed by atoms with Crippen molar-refractivity contribution in [2.24, 2.45) is 0 Å². The molecule has 4 nitrogen and oxygen atoms in total. The van der Waals surface area contributed by atoms with Gasteiger partial charge in [-0.15, -0.1) is 0 Å². The SMILES string of the molecule is CCCN1CCN(c2ncc(CNCC)cc2C)CC1. The Balaban J connectivity index is 1.96. The van der Waals surface area contributed by atoms with Crippen molar-refractivity contribution in [3.63, 3.8) is 0 Å². The molecule has 4 heteroatoms. The molecular weight excluding hydrogens is 248 g/mol. The van der Waals surface area contributed by atoms with Crippen LogP contribution in [0.2, 0.25) is 0 Å². The standard InChI is InChI=1S/C16H28N4/c1-4-6-19-7-9-20(10-8-19)16-14(3)11-15(13-18-16)12-17-5-2/h11,13,17H,4-10,12H2,1-3H3. The molecule has 112 valence electrons. The zero-order chi connectivity index (χ0) is 14.4. The maximum atomic E-state index is 4.69. The molecule has 0 spiro atoms. The van der Waals surface area contributed by atoms with E-state index in [1.807, 2.05) is 6.20 Å². The molecule has 0 saturated carbocycles. The maximum Gasteiger partial charge on any atom is 0.131 e. The normalized spacial score (nSPS) is 16.6. The van der Waals surface area contributed by atoms with Crippen LogP contribution in [0.3, 0.4) is 0 Å². The van der Waals surface area contributed by atoms with Gasteiger partial charge in [0.15, 0.2) is 0 Å². The van der Waals surface area contributed by atoms with E-state index in [1.54, 1.807) is 0 Å². The lowest BCUT2D eigenvalue weighted by molar-refractivity contribution is 0.258. The van der Waals surface area contributed by atoms with Crippen LogP contribution in [-0.2, 0) is 6.54 Å². The van der Waals surface area contributed by atoms with Crippen molar-refractivity contribution in [3.8, 4) is 0 Å². The van der Waals surface area contributed by atoms with Crippen LogP contribution in [-0.4, -0.2) is 49.2 Å². The lowest BCUT2D eigenvalue weighted by atomic mass is 10.2. The van der Waals surface area contributed by atoms with Gasteiger partial charge in [0.05, 0.1) is 0 Å². The van der Waals surface area contributed by atoms with Gasteiger partial charge in [0.25, 0.3) is 0 Å². The molecule has 0 amide bonds. The van der Waals surface area contributed by atoms with Crippen molar-refractivity contribution in [2.45, 2.75) is 33.7 Å². The molecule has 1 aliphatic rings. The lowest BCUT2D eigenvalue weighted by Gasteiger charge is -2.36. The molecule has 1 aromatic heterocycles. The third-order valence-electron chi connectivity index (χ3n) is 3.90. The van der Waals surface area contributed by atoms with Crippen molar-refractivity contribution < 1.29 is 0 Å². The number of anilines is 1. The summed E-state index contributed by atoms with van der Waals surface area (Å²) in [4.78, 5) is 9.67. The highest BCUT2D eigenvalue weighted by molar-refractivity contribution is 5.47. The number of hydrogen-bond donors (Lipinski definition) is 1. The van der Waals surface area contributed by atoms with Crippen LogP contribution in [0.5, 0.6) is 0 Å². The van der Waals surface area contributed by atoms with Crippen molar-refractivity contribution in [1.29, 1.82) is 0 Å². The van der Waals surface area contributed by atoms with Gasteiger partial charge in [-0.2, -0.15) is 0 Å². The summed E-state index contributed by atoms with van der Waals surface area (Å²) in [5, 5.41) is 3.35. The van der Waals surface area contributed by atoms with Crippen LogP contribution < -0.4 is 10.2 Å². The molecule has 1 saturated heterocycles. The molecule has 2 heterocycles. The third kappa shape index (κ3) is 3.93. The number of hydrogen-bond acceptors (Lipinski definition) is 4. The Kier molecular flexibility index (Phi) is 5.80. The fraction of sp³-hybridized carbons (Fsp3) is 0.688. The number of aryl methyl sites for hydroxylation is 1. The molecule has 0 aromatic carbocycles. The fourth-order valence-corrected chi connectivity index (χ4v) is 2.82. The Morgan fingerprint density at radius 1 is 1.20 bits per heavy atom. The van der Waals surface area contributed by atoms with E-state index in [4.69, 9.17) is 4.98 Å². The number of aromatic nitrogens is 1. The predicted molar refractivity (Wildman–Crippen MR) is 85.3 cm³/mol. The van der Waals surface area contributed by atoms with E-state index >= 15 is 0 Å². The third-order valence-corrected chi connectivity index (χ3v) is 3.90. The number of nitrogens with zero attached hydrogens (tertiary/aromatic N) is 3. The van der Waals surface area contributed by atoms with Crippen molar-refractivity contribution >= 4 is 5.82 Å². The zero-order valence-electron chi connectivity index (χ0n) is 13.2. The second kappa shape index (κ2) is 7.60. The number of pyridine rings is 1. The van der Waals surface area contributed by atoms with E-state index in [0.717, 1.165) is 39.3 Å². The van der Waals surface area contributed by atoms with E-state index in [0.29, 0.717) is 0 Å². The van der Waals surface area contributed by atoms with E-state index in [-0.39, 0.29) is 0 Å². The smallest absolute Gasteiger partial charge is 0.131 e. The van der Waals surface area contributed by atoms with Gasteiger partial charge in [0.1, 0.15) is 5.82 Å². The molecule has 1 aromatic rings. The first-order chi connectivity index (χ1) is 9.74. The van der Waals surface area contributed by atoms with Crippen LogP contribution in [0.1, 0.15) is 31.4 Å². The monoisotopic (exact) mass is 276 g/mol. The van der Waals surface area contributed by atoms with Crippen molar-refractivity contribution in [2.75, 3.05) is 44.2 Å². The van der Waals surface area contributed by atoms with Crippen LogP contribution in [0.4, 0.5) is 5.82 Å². The Morgan fingerprint density at radius 3 is 2.55 bits per heavy atom. The Bertz CT molecular complexity index is 411. The minimum absolute atomic E-state index is 0.912. The summed E-state index contributed by atoms with van der Waals surface area (Å²) < 4.78 is 0. The number of piperazine rings is 1. The Morgan fingerprint density at radius 2 is 1.95 bits per heavy atom. The maximum absolute atomic E-state index is 4.69. The quantitative estimate of drug-likeness (QED) is 0.861. The molecule has 0 atom stereocenters. The molecule has 0 unspecified atom stereocenters. The van der Waals surface area contributed by atoms with E-state index in [2.05, 4.69) is 42.0 Å². The average Bonchev–Trinajstić information content (AvgIpc) is 2.47. The molecule has 2 rings (SSSR count). The zero-order valence-corrected chi connectivity index (χ0v) is 13.2. The fourth-order valence-electron chi connectivity index (χ4n) is 2.82. The Hall–Kier alpha value is -1.13. The topological polar surface area (TPSA) is 31.4 Å². The molecule has 0 radical (unpaired) electrons. The first-order valence-electron chi connectivity index (χ1n) is 7.88. The minimum Gasteiger partial charge on any atom is -0.354 e. The van der Waals surface area contributed by atoms with E-state index in [9.17, 15) is 0 Å². The first-order valence-corrected chi connectivity index (χ1v) is 7.88. The van der Waals surface area contributed by atoms with Gasteiger partial charge in [-0.25, -0.2) is 4.98 Å². The van der Waals surface area contributed by atoms with E-state index < -0.39 is 0 Å². The summed E-state index contributed by atoms with van der Waals surface area (Å²) in [5.41, 5.74) is 2.57. The molecule has 1 fully saturated rings. The summed E-state index contributed by atoms with van der Waals surface area (Å²) in [6.45, 7) is 14.2. The predicted octanol–water partition coefficient (Wildman–Crippen LogP) is 2.03. The van der Waals surface area contributed by atoms with Crippen molar-refractivity contribution in [3.05, 3.63) is 23.4 Å². The van der Waals surface area contributed by atoms with Crippen LogP contribution in [0.25, 0.3) is 0 Å². The molecule has 1 N–H and O–H groups in total. The highest BCUT2D eigenvalue weighted by Crippen LogP contribution is 2.19. The van der Waals surface area contributed by atoms with Crippen molar-refractivity contribution in [1.82, 2.24) is 15.2 Å². The summed E-state index contributed by atoms with van der Waals surface area (Å²) >= 11 is 0. The lowest BCUT2D eigenvalue weighted by Crippen LogP contribution is -2.47. The van der Waals surface area contributed by atoms with Crippen LogP contribution in [0, 0.1) is 6.92 Å². The summed E-state index contributed by atoms with van der Waals surface area (Å²) in [5.74, 6) is 1.17. The molecule has 0 bridgehead atoms. The molecule has 20 heavy (non-hydrogen) atoms. The summed E-state index contributed by atoms with van der Waals surface area (Å²) in [6, 6.07) is 2.27. The minimum atomic E-state index is 0.912.